The van der Waals surface area contributed by atoms with Crippen LogP contribution in [0.2, 0.25) is 0 Å². The average Bonchev–Trinajstić information content (AvgIpc) is 3.19. The van der Waals surface area contributed by atoms with Gasteiger partial charge in [0.1, 0.15) is 5.75 Å². The Morgan fingerprint density at radius 1 is 1.56 bits per heavy atom. The zero-order valence-electron chi connectivity index (χ0n) is 10.6. The number of amides is 1. The number of nitrogens with one attached hydrogen (secondary N) is 1. The maximum atomic E-state index is 12.0. The Kier molecular flexibility index (Phi) is 4.24. The summed E-state index contributed by atoms with van der Waals surface area (Å²) >= 11 is 3.41. The summed E-state index contributed by atoms with van der Waals surface area (Å²) in [4.78, 5) is 13.7. The van der Waals surface area contributed by atoms with E-state index >= 15 is 0 Å². The Hall–Kier alpha value is -1.07. The maximum Gasteiger partial charge on any atom is 0.240 e. The van der Waals surface area contributed by atoms with Crippen molar-refractivity contribution in [1.82, 2.24) is 5.32 Å². The summed E-state index contributed by atoms with van der Waals surface area (Å²) in [6.07, 6.45) is 2.36. The molecule has 1 fully saturated rings. The second-order valence-corrected chi connectivity index (χ2v) is 5.34. The van der Waals surface area contributed by atoms with Gasteiger partial charge in [0.25, 0.3) is 0 Å². The lowest BCUT2D eigenvalue weighted by Crippen LogP contribution is -2.36. The van der Waals surface area contributed by atoms with Crippen LogP contribution in [0.25, 0.3) is 0 Å². The molecule has 0 radical (unpaired) electrons. The van der Waals surface area contributed by atoms with Crippen molar-refractivity contribution in [2.45, 2.75) is 18.9 Å². The van der Waals surface area contributed by atoms with E-state index < -0.39 is 0 Å². The molecule has 18 heavy (non-hydrogen) atoms. The van der Waals surface area contributed by atoms with Gasteiger partial charge >= 0.3 is 0 Å². The van der Waals surface area contributed by atoms with Gasteiger partial charge in [-0.1, -0.05) is 15.9 Å². The van der Waals surface area contributed by atoms with Crippen LogP contribution in [-0.2, 0) is 4.79 Å². The lowest BCUT2D eigenvalue weighted by atomic mass is 10.2. The molecule has 5 heteroatoms. The summed E-state index contributed by atoms with van der Waals surface area (Å²) in [5.41, 5.74) is 0.773. The number of rotatable bonds is 5. The number of ether oxygens (including phenoxy) is 1. The fraction of sp³-hybridized carbons (Fsp3) is 0.462. The molecule has 1 N–H and O–H groups in total. The number of halogens is 1. The number of methoxy groups -OCH3 is 1. The number of likely N-dealkylation sites (N-methyl/N-ethyl adjacent to an activating group) is 1. The second-order valence-electron chi connectivity index (χ2n) is 4.42. The third-order valence-electron chi connectivity index (χ3n) is 3.00. The summed E-state index contributed by atoms with van der Waals surface area (Å²) in [7, 11) is 3.37. The van der Waals surface area contributed by atoms with Crippen LogP contribution < -0.4 is 15.0 Å². The molecule has 0 bridgehead atoms. The van der Waals surface area contributed by atoms with Gasteiger partial charge < -0.3 is 15.0 Å². The van der Waals surface area contributed by atoms with Crippen LogP contribution in [0.4, 0.5) is 5.69 Å². The van der Waals surface area contributed by atoms with Crippen molar-refractivity contribution in [2.24, 2.45) is 0 Å². The van der Waals surface area contributed by atoms with Gasteiger partial charge in [0.05, 0.1) is 19.3 Å². The first-order valence-electron chi connectivity index (χ1n) is 5.95. The highest BCUT2D eigenvalue weighted by molar-refractivity contribution is 9.10. The van der Waals surface area contributed by atoms with E-state index in [4.69, 9.17) is 4.74 Å². The molecule has 1 saturated carbocycles. The lowest BCUT2D eigenvalue weighted by Gasteiger charge is -2.20. The minimum absolute atomic E-state index is 0.0401. The molecule has 1 aliphatic rings. The first-order valence-corrected chi connectivity index (χ1v) is 6.74. The van der Waals surface area contributed by atoms with Gasteiger partial charge in [0.2, 0.25) is 5.91 Å². The van der Waals surface area contributed by atoms with Crippen molar-refractivity contribution < 1.29 is 9.53 Å². The van der Waals surface area contributed by atoms with Crippen LogP contribution in [-0.4, -0.2) is 32.7 Å². The van der Waals surface area contributed by atoms with E-state index in [-0.39, 0.29) is 5.91 Å². The fourth-order valence-electron chi connectivity index (χ4n) is 1.70. The van der Waals surface area contributed by atoms with E-state index in [0.29, 0.717) is 18.3 Å². The Morgan fingerprint density at radius 2 is 2.28 bits per heavy atom. The summed E-state index contributed by atoms with van der Waals surface area (Å²) < 4.78 is 6.20. The minimum Gasteiger partial charge on any atom is -0.495 e. The van der Waals surface area contributed by atoms with Crippen LogP contribution in [0.5, 0.6) is 5.75 Å². The first kappa shape index (κ1) is 13.4. The third-order valence-corrected chi connectivity index (χ3v) is 3.49. The molecule has 2 rings (SSSR count). The minimum atomic E-state index is 0.0401. The highest BCUT2D eigenvalue weighted by Crippen LogP contribution is 2.30. The van der Waals surface area contributed by atoms with Gasteiger partial charge in [-0.25, -0.2) is 0 Å². The maximum absolute atomic E-state index is 12.0. The largest absolute Gasteiger partial charge is 0.495 e. The predicted molar refractivity (Wildman–Crippen MR) is 75.1 cm³/mol. The molecular weight excluding hydrogens is 296 g/mol. The lowest BCUT2D eigenvalue weighted by molar-refractivity contribution is -0.117. The molecule has 1 aromatic rings. The highest BCUT2D eigenvalue weighted by atomic mass is 79.9. The van der Waals surface area contributed by atoms with Gasteiger partial charge in [-0.2, -0.15) is 0 Å². The normalized spacial score (nSPS) is 14.4. The fourth-order valence-corrected chi connectivity index (χ4v) is 2.05. The molecule has 0 aliphatic heterocycles. The van der Waals surface area contributed by atoms with Gasteiger partial charge in [-0.15, -0.1) is 0 Å². The van der Waals surface area contributed by atoms with Gasteiger partial charge in [-0.05, 0) is 31.0 Å². The molecule has 0 unspecified atom stereocenters. The Balaban J connectivity index is 2.07. The second kappa shape index (κ2) is 5.71. The molecule has 1 amide bonds. The van der Waals surface area contributed by atoms with E-state index in [2.05, 4.69) is 21.2 Å². The number of benzene rings is 1. The van der Waals surface area contributed by atoms with Crippen LogP contribution in [0.3, 0.4) is 0 Å². The van der Waals surface area contributed by atoms with Crippen molar-refractivity contribution in [3.05, 3.63) is 22.7 Å². The molecule has 0 atom stereocenters. The van der Waals surface area contributed by atoms with Crippen molar-refractivity contribution in [1.29, 1.82) is 0 Å². The quantitative estimate of drug-likeness (QED) is 0.906. The monoisotopic (exact) mass is 312 g/mol. The number of nitrogens with zero attached hydrogens (tertiary/aromatic N) is 1. The van der Waals surface area contributed by atoms with E-state index in [1.807, 2.05) is 18.2 Å². The molecule has 4 nitrogen and oxygen atoms in total. The smallest absolute Gasteiger partial charge is 0.240 e. The van der Waals surface area contributed by atoms with Gasteiger partial charge in [0, 0.05) is 17.6 Å². The molecule has 0 aromatic heterocycles. The summed E-state index contributed by atoms with van der Waals surface area (Å²) in [6, 6.07) is 6.15. The average molecular weight is 313 g/mol. The topological polar surface area (TPSA) is 41.6 Å². The van der Waals surface area contributed by atoms with Crippen molar-refractivity contribution in [3.63, 3.8) is 0 Å². The van der Waals surface area contributed by atoms with Crippen molar-refractivity contribution in [3.8, 4) is 5.75 Å². The van der Waals surface area contributed by atoms with Crippen molar-refractivity contribution in [2.75, 3.05) is 25.6 Å². The Morgan fingerprint density at radius 3 is 2.89 bits per heavy atom. The first-order chi connectivity index (χ1) is 8.61. The molecular formula is C13H17BrN2O2. The van der Waals surface area contributed by atoms with E-state index in [1.54, 1.807) is 19.1 Å². The van der Waals surface area contributed by atoms with Crippen LogP contribution >= 0.6 is 15.9 Å². The van der Waals surface area contributed by atoms with Gasteiger partial charge in [-0.3, -0.25) is 4.79 Å². The Labute approximate surface area is 115 Å². The van der Waals surface area contributed by atoms with E-state index in [0.717, 1.165) is 10.2 Å². The number of anilines is 1. The summed E-state index contributed by atoms with van der Waals surface area (Å²) in [5, 5.41) is 3.22. The van der Waals surface area contributed by atoms with Crippen LogP contribution in [0.1, 0.15) is 12.8 Å². The predicted octanol–water partition coefficient (Wildman–Crippen LogP) is 2.17. The number of hydrogen-bond donors (Lipinski definition) is 1. The summed E-state index contributed by atoms with van der Waals surface area (Å²) in [6.45, 7) is 0.372. The zero-order chi connectivity index (χ0) is 13.1. The Bertz CT molecular complexity index is 447. The zero-order valence-corrected chi connectivity index (χ0v) is 12.2. The summed E-state index contributed by atoms with van der Waals surface area (Å²) in [5.74, 6) is 0.735. The van der Waals surface area contributed by atoms with Crippen LogP contribution in [0.15, 0.2) is 22.7 Å². The number of hydrogen-bond acceptors (Lipinski definition) is 3. The third kappa shape index (κ3) is 3.23. The molecule has 0 saturated heterocycles. The van der Waals surface area contributed by atoms with E-state index in [1.165, 1.54) is 12.8 Å². The highest BCUT2D eigenvalue weighted by Gasteiger charge is 2.23. The van der Waals surface area contributed by atoms with Gasteiger partial charge in [0.15, 0.2) is 0 Å². The number of carbonyl (C=O) groups is 1. The standard InChI is InChI=1S/C13H17BrN2O2/c1-16(13(17)8-15-10-4-5-10)11-7-9(14)3-6-12(11)18-2/h3,6-7,10,15H,4-5,8H2,1-2H3. The van der Waals surface area contributed by atoms with Crippen LogP contribution in [0, 0.1) is 0 Å². The van der Waals surface area contributed by atoms with E-state index in [9.17, 15) is 4.79 Å². The molecule has 0 spiro atoms. The van der Waals surface area contributed by atoms with Crippen molar-refractivity contribution >= 4 is 27.5 Å². The molecule has 0 heterocycles. The SMILES string of the molecule is COc1ccc(Br)cc1N(C)C(=O)CNC1CC1. The molecule has 1 aliphatic carbocycles. The number of carbonyl (C=O) groups excluding carboxylic acids is 1. The molecule has 1 aromatic carbocycles. The molecule has 98 valence electrons.